The van der Waals surface area contributed by atoms with Crippen molar-refractivity contribution in [3.05, 3.63) is 35.9 Å². The standard InChI is InChI=1S/C19H27N5O/c1-13(2)19-21-16(14-6-5-9-24(3)12-14)11-18(23-19)22-17-10-15(25-4)7-8-20-17/h7-8,10-11,13-14H,5-6,9,12H2,1-4H3,(H,20,21,22,23). The lowest BCUT2D eigenvalue weighted by atomic mass is 9.94. The molecule has 3 rings (SSSR count). The normalized spacial score (nSPS) is 18.4. The van der Waals surface area contributed by atoms with Crippen LogP contribution in [0.1, 0.15) is 50.0 Å². The molecule has 0 radical (unpaired) electrons. The summed E-state index contributed by atoms with van der Waals surface area (Å²) in [5.74, 6) is 3.89. The van der Waals surface area contributed by atoms with Crippen LogP contribution in [0.2, 0.25) is 0 Å². The smallest absolute Gasteiger partial charge is 0.135 e. The number of nitrogens with one attached hydrogen (secondary N) is 1. The predicted molar refractivity (Wildman–Crippen MR) is 99.7 cm³/mol. The van der Waals surface area contributed by atoms with Crippen molar-refractivity contribution in [2.45, 2.75) is 38.5 Å². The zero-order valence-corrected chi connectivity index (χ0v) is 15.5. The van der Waals surface area contributed by atoms with Crippen LogP contribution >= 0.6 is 0 Å². The van der Waals surface area contributed by atoms with Crippen molar-refractivity contribution in [2.24, 2.45) is 0 Å². The predicted octanol–water partition coefficient (Wildman–Crippen LogP) is 3.56. The number of hydrogen-bond donors (Lipinski definition) is 1. The van der Waals surface area contributed by atoms with E-state index in [9.17, 15) is 0 Å². The molecule has 0 saturated carbocycles. The molecular weight excluding hydrogens is 314 g/mol. The van der Waals surface area contributed by atoms with Crippen molar-refractivity contribution in [1.82, 2.24) is 19.9 Å². The van der Waals surface area contributed by atoms with Crippen LogP contribution in [0.15, 0.2) is 24.4 Å². The second-order valence-corrected chi connectivity index (χ2v) is 7.00. The third-order valence-corrected chi connectivity index (χ3v) is 4.55. The Balaban J connectivity index is 1.89. The molecular formula is C19H27N5O. The van der Waals surface area contributed by atoms with Gasteiger partial charge in [-0.2, -0.15) is 0 Å². The van der Waals surface area contributed by atoms with E-state index in [4.69, 9.17) is 9.72 Å². The summed E-state index contributed by atoms with van der Waals surface area (Å²) >= 11 is 0. The second kappa shape index (κ2) is 7.78. The van der Waals surface area contributed by atoms with Gasteiger partial charge in [0.2, 0.25) is 0 Å². The van der Waals surface area contributed by atoms with E-state index >= 15 is 0 Å². The molecule has 134 valence electrons. The molecule has 2 aromatic rings. The van der Waals surface area contributed by atoms with Gasteiger partial charge in [-0.05, 0) is 32.5 Å². The Morgan fingerprint density at radius 1 is 1.24 bits per heavy atom. The summed E-state index contributed by atoms with van der Waals surface area (Å²) in [6, 6.07) is 5.76. The molecule has 3 heterocycles. The van der Waals surface area contributed by atoms with Crippen LogP contribution in [-0.2, 0) is 0 Å². The summed E-state index contributed by atoms with van der Waals surface area (Å²) in [5.41, 5.74) is 1.12. The zero-order chi connectivity index (χ0) is 17.8. The fraction of sp³-hybridized carbons (Fsp3) is 0.526. The summed E-state index contributed by atoms with van der Waals surface area (Å²) in [5, 5.41) is 3.31. The first-order valence-corrected chi connectivity index (χ1v) is 8.89. The van der Waals surface area contributed by atoms with Gasteiger partial charge in [0.25, 0.3) is 0 Å². The first kappa shape index (κ1) is 17.6. The van der Waals surface area contributed by atoms with Crippen molar-refractivity contribution < 1.29 is 4.74 Å². The van der Waals surface area contributed by atoms with E-state index < -0.39 is 0 Å². The number of hydrogen-bond acceptors (Lipinski definition) is 6. The molecule has 0 aliphatic carbocycles. The summed E-state index contributed by atoms with van der Waals surface area (Å²) < 4.78 is 5.27. The van der Waals surface area contributed by atoms with Gasteiger partial charge in [0.05, 0.1) is 12.8 Å². The number of pyridine rings is 1. The molecule has 1 aliphatic heterocycles. The third kappa shape index (κ3) is 4.45. The molecule has 25 heavy (non-hydrogen) atoms. The van der Waals surface area contributed by atoms with Crippen molar-refractivity contribution in [1.29, 1.82) is 0 Å². The number of piperidine rings is 1. The van der Waals surface area contributed by atoms with Crippen LogP contribution in [0.3, 0.4) is 0 Å². The van der Waals surface area contributed by atoms with Crippen LogP contribution < -0.4 is 10.1 Å². The molecule has 1 fully saturated rings. The van der Waals surface area contributed by atoms with Crippen molar-refractivity contribution in [2.75, 3.05) is 32.6 Å². The molecule has 0 bridgehead atoms. The second-order valence-electron chi connectivity index (χ2n) is 7.00. The van der Waals surface area contributed by atoms with Crippen molar-refractivity contribution in [3.63, 3.8) is 0 Å². The average molecular weight is 341 g/mol. The molecule has 1 N–H and O–H groups in total. The fourth-order valence-corrected chi connectivity index (χ4v) is 3.16. The van der Waals surface area contributed by atoms with E-state index in [0.29, 0.717) is 5.92 Å². The maximum Gasteiger partial charge on any atom is 0.135 e. The van der Waals surface area contributed by atoms with E-state index in [1.54, 1.807) is 13.3 Å². The van der Waals surface area contributed by atoms with E-state index in [-0.39, 0.29) is 5.92 Å². The quantitative estimate of drug-likeness (QED) is 0.897. The Labute approximate surface area is 149 Å². The van der Waals surface area contributed by atoms with Crippen LogP contribution in [0.5, 0.6) is 5.75 Å². The van der Waals surface area contributed by atoms with Gasteiger partial charge in [0, 0.05) is 36.7 Å². The number of likely N-dealkylation sites (N-methyl/N-ethyl adjacent to an activating group) is 1. The van der Waals surface area contributed by atoms with Gasteiger partial charge < -0.3 is 15.0 Å². The van der Waals surface area contributed by atoms with Gasteiger partial charge in [-0.3, -0.25) is 0 Å². The Hall–Kier alpha value is -2.21. The lowest BCUT2D eigenvalue weighted by Crippen LogP contribution is -2.31. The Morgan fingerprint density at radius 3 is 2.80 bits per heavy atom. The Kier molecular flexibility index (Phi) is 5.48. The van der Waals surface area contributed by atoms with Crippen molar-refractivity contribution >= 4 is 11.6 Å². The highest BCUT2D eigenvalue weighted by molar-refractivity contribution is 5.54. The van der Waals surface area contributed by atoms with Gasteiger partial charge >= 0.3 is 0 Å². The summed E-state index contributed by atoms with van der Waals surface area (Å²) in [6.45, 7) is 6.46. The maximum absolute atomic E-state index is 5.27. The van der Waals surface area contributed by atoms with Crippen LogP contribution in [0, 0.1) is 0 Å². The number of likely N-dealkylation sites (tertiary alicyclic amines) is 1. The topological polar surface area (TPSA) is 63.2 Å². The van der Waals surface area contributed by atoms with Gasteiger partial charge in [-0.15, -0.1) is 0 Å². The van der Waals surface area contributed by atoms with E-state index in [0.717, 1.165) is 42.0 Å². The Bertz CT molecular complexity index is 719. The van der Waals surface area contributed by atoms with Crippen LogP contribution in [-0.4, -0.2) is 47.1 Å². The van der Waals surface area contributed by atoms with Gasteiger partial charge in [0.15, 0.2) is 0 Å². The van der Waals surface area contributed by atoms with E-state index in [2.05, 4.69) is 47.1 Å². The zero-order valence-electron chi connectivity index (χ0n) is 15.5. The van der Waals surface area contributed by atoms with Gasteiger partial charge in [-0.1, -0.05) is 13.8 Å². The van der Waals surface area contributed by atoms with Crippen LogP contribution in [0.4, 0.5) is 11.6 Å². The molecule has 1 atom stereocenters. The van der Waals surface area contributed by atoms with Crippen molar-refractivity contribution in [3.8, 4) is 5.75 Å². The number of aromatic nitrogens is 3. The van der Waals surface area contributed by atoms with E-state index in [1.807, 2.05) is 12.1 Å². The minimum atomic E-state index is 0.278. The fourth-order valence-electron chi connectivity index (χ4n) is 3.16. The minimum Gasteiger partial charge on any atom is -0.497 e. The number of nitrogens with zero attached hydrogens (tertiary/aromatic N) is 4. The molecule has 1 unspecified atom stereocenters. The average Bonchev–Trinajstić information content (AvgIpc) is 2.61. The molecule has 0 amide bonds. The molecule has 6 heteroatoms. The number of rotatable bonds is 5. The Morgan fingerprint density at radius 2 is 2.08 bits per heavy atom. The largest absolute Gasteiger partial charge is 0.497 e. The molecule has 0 aromatic carbocycles. The molecule has 1 saturated heterocycles. The molecule has 0 spiro atoms. The highest BCUT2D eigenvalue weighted by Gasteiger charge is 2.22. The number of ether oxygens (including phenoxy) is 1. The number of anilines is 2. The lowest BCUT2D eigenvalue weighted by Gasteiger charge is -2.29. The molecule has 6 nitrogen and oxygen atoms in total. The van der Waals surface area contributed by atoms with E-state index in [1.165, 1.54) is 12.8 Å². The molecule has 2 aromatic heterocycles. The highest BCUT2D eigenvalue weighted by Crippen LogP contribution is 2.28. The lowest BCUT2D eigenvalue weighted by molar-refractivity contribution is 0.248. The minimum absolute atomic E-state index is 0.278. The number of methoxy groups -OCH3 is 1. The third-order valence-electron chi connectivity index (χ3n) is 4.55. The first-order chi connectivity index (χ1) is 12.0. The first-order valence-electron chi connectivity index (χ1n) is 8.89. The SMILES string of the molecule is COc1ccnc(Nc2cc(C3CCCN(C)C3)nc(C(C)C)n2)c1. The monoisotopic (exact) mass is 341 g/mol. The summed E-state index contributed by atoms with van der Waals surface area (Å²) in [4.78, 5) is 16.3. The van der Waals surface area contributed by atoms with Gasteiger partial charge in [-0.25, -0.2) is 15.0 Å². The summed E-state index contributed by atoms with van der Waals surface area (Å²) in [6.07, 6.45) is 4.11. The highest BCUT2D eigenvalue weighted by atomic mass is 16.5. The van der Waals surface area contributed by atoms with Gasteiger partial charge in [0.1, 0.15) is 23.2 Å². The van der Waals surface area contributed by atoms with Crippen LogP contribution in [0.25, 0.3) is 0 Å². The molecule has 1 aliphatic rings. The summed E-state index contributed by atoms with van der Waals surface area (Å²) in [7, 11) is 3.83. The maximum atomic E-state index is 5.27.